The molecular formula is C11H18N2O4. The Morgan fingerprint density at radius 2 is 1.94 bits per heavy atom. The first-order valence-electron chi connectivity index (χ1n) is 5.95. The number of nitrogens with one attached hydrogen (secondary N) is 1. The van der Waals surface area contributed by atoms with E-state index in [9.17, 15) is 14.7 Å². The van der Waals surface area contributed by atoms with E-state index in [0.717, 1.165) is 12.8 Å². The van der Waals surface area contributed by atoms with E-state index in [0.29, 0.717) is 5.92 Å². The molecule has 1 heterocycles. The van der Waals surface area contributed by atoms with Gasteiger partial charge >= 0.3 is 12.0 Å². The van der Waals surface area contributed by atoms with Gasteiger partial charge in [0.25, 0.3) is 0 Å². The third-order valence-electron chi connectivity index (χ3n) is 3.53. The van der Waals surface area contributed by atoms with Crippen LogP contribution in [0.25, 0.3) is 0 Å². The maximum atomic E-state index is 11.9. The number of rotatable bonds is 2. The van der Waals surface area contributed by atoms with Gasteiger partial charge in [-0.25, -0.2) is 9.59 Å². The zero-order valence-corrected chi connectivity index (χ0v) is 9.80. The minimum Gasteiger partial charge on any atom is -0.480 e. The first-order valence-corrected chi connectivity index (χ1v) is 5.95. The van der Waals surface area contributed by atoms with Crippen molar-refractivity contribution in [1.29, 1.82) is 0 Å². The molecule has 0 radical (unpaired) electrons. The summed E-state index contributed by atoms with van der Waals surface area (Å²) in [5.41, 5.74) is 0. The number of carboxylic acid groups (broad SMARTS) is 1. The molecular weight excluding hydrogens is 224 g/mol. The molecule has 1 saturated heterocycles. The van der Waals surface area contributed by atoms with Crippen LogP contribution in [-0.4, -0.2) is 51.8 Å². The third kappa shape index (κ3) is 2.52. The lowest BCUT2D eigenvalue weighted by Crippen LogP contribution is -2.52. The second-order valence-electron chi connectivity index (χ2n) is 5.12. The highest BCUT2D eigenvalue weighted by atomic mass is 16.4. The van der Waals surface area contributed by atoms with E-state index in [1.54, 1.807) is 0 Å². The fourth-order valence-electron chi connectivity index (χ4n) is 2.55. The van der Waals surface area contributed by atoms with Crippen LogP contribution in [0.15, 0.2) is 0 Å². The van der Waals surface area contributed by atoms with Gasteiger partial charge in [0.2, 0.25) is 0 Å². The van der Waals surface area contributed by atoms with Crippen LogP contribution < -0.4 is 5.32 Å². The van der Waals surface area contributed by atoms with Crippen molar-refractivity contribution in [3.8, 4) is 0 Å². The monoisotopic (exact) mass is 242 g/mol. The highest BCUT2D eigenvalue weighted by Crippen LogP contribution is 2.27. The van der Waals surface area contributed by atoms with E-state index < -0.39 is 18.1 Å². The Bertz CT molecular complexity index is 327. The van der Waals surface area contributed by atoms with Crippen LogP contribution in [0.2, 0.25) is 0 Å². The van der Waals surface area contributed by atoms with E-state index in [-0.39, 0.29) is 25.0 Å². The highest BCUT2D eigenvalue weighted by Gasteiger charge is 2.40. The molecule has 1 aliphatic heterocycles. The van der Waals surface area contributed by atoms with Gasteiger partial charge < -0.3 is 20.4 Å². The summed E-state index contributed by atoms with van der Waals surface area (Å²) in [7, 11) is 0. The second-order valence-corrected chi connectivity index (χ2v) is 5.12. The molecule has 2 amide bonds. The maximum absolute atomic E-state index is 11.9. The average molecular weight is 242 g/mol. The van der Waals surface area contributed by atoms with Crippen molar-refractivity contribution >= 4 is 12.0 Å². The Balaban J connectivity index is 1.91. The first kappa shape index (κ1) is 12.2. The summed E-state index contributed by atoms with van der Waals surface area (Å²) in [5.74, 6) is -0.432. The Kier molecular flexibility index (Phi) is 3.24. The van der Waals surface area contributed by atoms with Gasteiger partial charge in [-0.2, -0.15) is 0 Å². The molecule has 2 fully saturated rings. The molecule has 0 aromatic carbocycles. The summed E-state index contributed by atoms with van der Waals surface area (Å²) in [6.45, 7) is 2.22. The standard InChI is InChI=1S/C11H18N2O4/c1-6-2-7(3-6)12-11(17)13-5-8(14)4-9(13)10(15)16/h6-9,14H,2-5H2,1H3,(H,12,17)(H,15,16)/t6?,7?,8?,9-/m0/s1. The number of carbonyl (C=O) groups is 2. The van der Waals surface area contributed by atoms with Gasteiger partial charge in [-0.15, -0.1) is 0 Å². The molecule has 3 N–H and O–H groups in total. The van der Waals surface area contributed by atoms with Gasteiger partial charge in [-0.05, 0) is 18.8 Å². The third-order valence-corrected chi connectivity index (χ3v) is 3.53. The Labute approximate surface area is 99.6 Å². The molecule has 1 aliphatic carbocycles. The molecule has 96 valence electrons. The molecule has 2 atom stereocenters. The van der Waals surface area contributed by atoms with E-state index in [4.69, 9.17) is 5.11 Å². The zero-order valence-electron chi connectivity index (χ0n) is 9.80. The SMILES string of the molecule is CC1CC(NC(=O)N2CC(O)C[C@H]2C(=O)O)C1. The molecule has 0 aromatic rings. The van der Waals surface area contributed by atoms with E-state index in [1.165, 1.54) is 4.90 Å². The average Bonchev–Trinajstić information content (AvgIpc) is 2.58. The van der Waals surface area contributed by atoms with Crippen LogP contribution in [-0.2, 0) is 4.79 Å². The predicted molar refractivity (Wildman–Crippen MR) is 59.5 cm³/mol. The molecule has 0 spiro atoms. The summed E-state index contributed by atoms with van der Waals surface area (Å²) in [4.78, 5) is 24.0. The largest absolute Gasteiger partial charge is 0.480 e. The van der Waals surface area contributed by atoms with Crippen molar-refractivity contribution in [3.05, 3.63) is 0 Å². The number of hydrogen-bond donors (Lipinski definition) is 3. The first-order chi connectivity index (χ1) is 7.97. The second kappa shape index (κ2) is 4.52. The lowest BCUT2D eigenvalue weighted by atomic mass is 9.82. The van der Waals surface area contributed by atoms with Crippen molar-refractivity contribution < 1.29 is 19.8 Å². The molecule has 1 saturated carbocycles. The summed E-state index contributed by atoms with van der Waals surface area (Å²) in [6.07, 6.45) is 1.27. The number of carboxylic acids is 1. The van der Waals surface area contributed by atoms with Crippen LogP contribution in [0, 0.1) is 5.92 Å². The quantitative estimate of drug-likeness (QED) is 0.636. The number of aliphatic hydroxyl groups excluding tert-OH is 1. The molecule has 2 rings (SSSR count). The van der Waals surface area contributed by atoms with Crippen molar-refractivity contribution in [2.24, 2.45) is 5.92 Å². The molecule has 0 bridgehead atoms. The lowest BCUT2D eigenvalue weighted by Gasteiger charge is -2.35. The van der Waals surface area contributed by atoms with Crippen molar-refractivity contribution in [1.82, 2.24) is 10.2 Å². The Morgan fingerprint density at radius 1 is 1.29 bits per heavy atom. The van der Waals surface area contributed by atoms with Crippen LogP contribution in [0.5, 0.6) is 0 Å². The van der Waals surface area contributed by atoms with Gasteiger partial charge in [-0.3, -0.25) is 0 Å². The fourth-order valence-corrected chi connectivity index (χ4v) is 2.55. The van der Waals surface area contributed by atoms with Gasteiger partial charge in [0.05, 0.1) is 6.10 Å². The predicted octanol–water partition coefficient (Wildman–Crippen LogP) is 0.0143. The minimum absolute atomic E-state index is 0.102. The van der Waals surface area contributed by atoms with Crippen molar-refractivity contribution in [2.45, 2.75) is 44.4 Å². The van der Waals surface area contributed by atoms with Crippen LogP contribution in [0.1, 0.15) is 26.2 Å². The molecule has 17 heavy (non-hydrogen) atoms. The van der Waals surface area contributed by atoms with E-state index in [1.807, 2.05) is 0 Å². The number of β-amino-alcohol motifs (C(OH)–C–C–N with tert-alkyl or cyclic N) is 1. The van der Waals surface area contributed by atoms with Gasteiger partial charge in [0.15, 0.2) is 0 Å². The number of aliphatic hydroxyl groups is 1. The van der Waals surface area contributed by atoms with E-state index >= 15 is 0 Å². The Hall–Kier alpha value is -1.30. The number of aliphatic carboxylic acids is 1. The highest BCUT2D eigenvalue weighted by molar-refractivity contribution is 5.83. The number of carbonyl (C=O) groups excluding carboxylic acids is 1. The molecule has 6 heteroatoms. The van der Waals surface area contributed by atoms with E-state index in [2.05, 4.69) is 12.2 Å². The minimum atomic E-state index is -1.06. The van der Waals surface area contributed by atoms with Gasteiger partial charge in [0.1, 0.15) is 6.04 Å². The smallest absolute Gasteiger partial charge is 0.326 e. The number of likely N-dealkylation sites (tertiary alicyclic amines) is 1. The summed E-state index contributed by atoms with van der Waals surface area (Å²) in [6, 6.07) is -1.11. The summed E-state index contributed by atoms with van der Waals surface area (Å²) in [5, 5.41) is 21.2. The fraction of sp³-hybridized carbons (Fsp3) is 0.818. The van der Waals surface area contributed by atoms with Gasteiger partial charge in [-0.1, -0.05) is 6.92 Å². The van der Waals surface area contributed by atoms with Crippen molar-refractivity contribution in [3.63, 3.8) is 0 Å². The Morgan fingerprint density at radius 3 is 2.47 bits per heavy atom. The summed E-state index contributed by atoms with van der Waals surface area (Å²) < 4.78 is 0. The molecule has 6 nitrogen and oxygen atoms in total. The maximum Gasteiger partial charge on any atom is 0.326 e. The molecule has 0 aromatic heterocycles. The topological polar surface area (TPSA) is 89.9 Å². The van der Waals surface area contributed by atoms with Crippen molar-refractivity contribution in [2.75, 3.05) is 6.54 Å². The number of amides is 2. The number of urea groups is 1. The molecule has 2 aliphatic rings. The van der Waals surface area contributed by atoms with Crippen LogP contribution >= 0.6 is 0 Å². The zero-order chi connectivity index (χ0) is 12.6. The van der Waals surface area contributed by atoms with Gasteiger partial charge in [0, 0.05) is 19.0 Å². The number of nitrogens with zero attached hydrogens (tertiary/aromatic N) is 1. The molecule has 1 unspecified atom stereocenters. The van der Waals surface area contributed by atoms with Crippen LogP contribution in [0.4, 0.5) is 4.79 Å². The van der Waals surface area contributed by atoms with Crippen LogP contribution in [0.3, 0.4) is 0 Å². The summed E-state index contributed by atoms with van der Waals surface area (Å²) >= 11 is 0. The number of hydrogen-bond acceptors (Lipinski definition) is 3. The lowest BCUT2D eigenvalue weighted by molar-refractivity contribution is -0.141. The normalized spacial score (nSPS) is 36.5.